The Kier molecular flexibility index (Phi) is 4.69. The van der Waals surface area contributed by atoms with Gasteiger partial charge in [-0.1, -0.05) is 18.3 Å². The molecular formula is C16H14FN3O3S2. The van der Waals surface area contributed by atoms with E-state index in [4.69, 9.17) is 0 Å². The molecule has 0 aliphatic rings. The number of amides is 1. The average molecular weight is 379 g/mol. The molecule has 0 saturated carbocycles. The summed E-state index contributed by atoms with van der Waals surface area (Å²) in [4.78, 5) is 15.7. The predicted octanol–water partition coefficient (Wildman–Crippen LogP) is 3.58. The third-order valence-electron chi connectivity index (χ3n) is 3.33. The molecular weight excluding hydrogens is 365 g/mol. The van der Waals surface area contributed by atoms with Crippen LogP contribution in [-0.2, 0) is 14.8 Å². The van der Waals surface area contributed by atoms with Crippen LogP contribution in [0.4, 0.5) is 15.2 Å². The van der Waals surface area contributed by atoms with Gasteiger partial charge in [-0.25, -0.2) is 17.8 Å². The molecule has 1 amide bonds. The minimum Gasteiger partial charge on any atom is -0.302 e. The van der Waals surface area contributed by atoms with Crippen LogP contribution in [0.3, 0.4) is 0 Å². The van der Waals surface area contributed by atoms with Gasteiger partial charge in [-0.05, 0) is 42.5 Å². The molecule has 3 rings (SSSR count). The molecule has 0 aliphatic heterocycles. The Hall–Kier alpha value is -2.52. The van der Waals surface area contributed by atoms with E-state index in [2.05, 4.69) is 15.0 Å². The van der Waals surface area contributed by atoms with Crippen molar-refractivity contribution in [2.24, 2.45) is 0 Å². The van der Waals surface area contributed by atoms with Crippen LogP contribution in [0.2, 0.25) is 0 Å². The van der Waals surface area contributed by atoms with Crippen LogP contribution >= 0.6 is 11.3 Å². The van der Waals surface area contributed by atoms with Gasteiger partial charge in [0.25, 0.3) is 10.0 Å². The van der Waals surface area contributed by atoms with Crippen LogP contribution in [0, 0.1) is 5.82 Å². The normalized spacial score (nSPS) is 11.4. The third-order valence-corrected chi connectivity index (χ3v) is 5.66. The van der Waals surface area contributed by atoms with Crippen LogP contribution in [-0.4, -0.2) is 19.3 Å². The van der Waals surface area contributed by atoms with Crippen molar-refractivity contribution in [1.82, 2.24) is 4.98 Å². The monoisotopic (exact) mass is 379 g/mol. The van der Waals surface area contributed by atoms with Crippen molar-refractivity contribution in [3.63, 3.8) is 0 Å². The molecule has 2 N–H and O–H groups in total. The number of fused-ring (bicyclic) bond motifs is 1. The zero-order valence-electron chi connectivity index (χ0n) is 13.1. The van der Waals surface area contributed by atoms with E-state index in [9.17, 15) is 17.6 Å². The summed E-state index contributed by atoms with van der Waals surface area (Å²) < 4.78 is 40.8. The maximum atomic E-state index is 12.9. The number of carbonyl (C=O) groups excluding carboxylic acids is 1. The second kappa shape index (κ2) is 6.77. The van der Waals surface area contributed by atoms with Crippen LogP contribution < -0.4 is 10.0 Å². The Bertz CT molecular complexity index is 1030. The van der Waals surface area contributed by atoms with E-state index in [1.165, 1.54) is 23.5 Å². The maximum absolute atomic E-state index is 12.9. The summed E-state index contributed by atoms with van der Waals surface area (Å²) in [5.74, 6) is -0.650. The number of halogens is 1. The van der Waals surface area contributed by atoms with Crippen LogP contribution in [0.1, 0.15) is 13.3 Å². The molecule has 6 nitrogen and oxygen atoms in total. The molecule has 0 fully saturated rings. The Morgan fingerprint density at radius 2 is 1.92 bits per heavy atom. The van der Waals surface area contributed by atoms with Crippen molar-refractivity contribution in [2.75, 3.05) is 10.0 Å². The number of nitrogens with zero attached hydrogens (tertiary/aromatic N) is 1. The van der Waals surface area contributed by atoms with Gasteiger partial charge in [-0.15, -0.1) is 0 Å². The smallest absolute Gasteiger partial charge is 0.261 e. The Morgan fingerprint density at radius 1 is 1.20 bits per heavy atom. The number of anilines is 2. The highest BCUT2D eigenvalue weighted by molar-refractivity contribution is 7.92. The fraction of sp³-hybridized carbons (Fsp3) is 0.125. The molecule has 0 atom stereocenters. The number of benzene rings is 2. The van der Waals surface area contributed by atoms with Crippen LogP contribution in [0.5, 0.6) is 0 Å². The summed E-state index contributed by atoms with van der Waals surface area (Å²) in [6, 6.07) is 9.44. The van der Waals surface area contributed by atoms with Crippen molar-refractivity contribution in [3.05, 3.63) is 48.3 Å². The van der Waals surface area contributed by atoms with Gasteiger partial charge in [0.15, 0.2) is 5.13 Å². The fourth-order valence-electron chi connectivity index (χ4n) is 2.08. The lowest BCUT2D eigenvalue weighted by Crippen LogP contribution is -2.12. The quantitative estimate of drug-likeness (QED) is 0.709. The molecule has 130 valence electrons. The number of thiazole rings is 1. The summed E-state index contributed by atoms with van der Waals surface area (Å²) >= 11 is 1.25. The molecule has 1 aromatic heterocycles. The lowest BCUT2D eigenvalue weighted by Gasteiger charge is -2.07. The highest BCUT2D eigenvalue weighted by Gasteiger charge is 2.15. The number of rotatable bonds is 5. The Morgan fingerprint density at radius 3 is 2.60 bits per heavy atom. The minimum absolute atomic E-state index is 0.0331. The van der Waals surface area contributed by atoms with Gasteiger partial charge in [0.2, 0.25) is 5.91 Å². The lowest BCUT2D eigenvalue weighted by molar-refractivity contribution is -0.115. The van der Waals surface area contributed by atoms with Crippen LogP contribution in [0.15, 0.2) is 47.4 Å². The molecule has 0 aliphatic carbocycles. The van der Waals surface area contributed by atoms with Crippen molar-refractivity contribution in [3.8, 4) is 0 Å². The topological polar surface area (TPSA) is 88.2 Å². The second-order valence-corrected chi connectivity index (χ2v) is 7.88. The first kappa shape index (κ1) is 17.3. The van der Waals surface area contributed by atoms with Gasteiger partial charge in [-0.2, -0.15) is 0 Å². The summed E-state index contributed by atoms with van der Waals surface area (Å²) in [6.07, 6.45) is 0.346. The van der Waals surface area contributed by atoms with E-state index < -0.39 is 15.8 Å². The maximum Gasteiger partial charge on any atom is 0.261 e. The first-order chi connectivity index (χ1) is 11.9. The molecule has 1 heterocycles. The average Bonchev–Trinajstić information content (AvgIpc) is 2.96. The van der Waals surface area contributed by atoms with E-state index in [-0.39, 0.29) is 10.8 Å². The number of aromatic nitrogens is 1. The zero-order chi connectivity index (χ0) is 18.0. The van der Waals surface area contributed by atoms with E-state index in [0.29, 0.717) is 22.8 Å². The van der Waals surface area contributed by atoms with Gasteiger partial charge < -0.3 is 5.32 Å². The SMILES string of the molecule is CCC(=O)Nc1nc2ccc(NS(=O)(=O)c3ccc(F)cc3)cc2s1. The van der Waals surface area contributed by atoms with Gasteiger partial charge in [-0.3, -0.25) is 9.52 Å². The number of sulfonamides is 1. The summed E-state index contributed by atoms with van der Waals surface area (Å²) in [6.45, 7) is 1.74. The molecule has 9 heteroatoms. The molecule has 25 heavy (non-hydrogen) atoms. The third kappa shape index (κ3) is 3.94. The van der Waals surface area contributed by atoms with E-state index in [0.717, 1.165) is 16.8 Å². The van der Waals surface area contributed by atoms with E-state index in [1.54, 1.807) is 25.1 Å². The molecule has 0 unspecified atom stereocenters. The molecule has 3 aromatic rings. The first-order valence-corrected chi connectivity index (χ1v) is 9.66. The summed E-state index contributed by atoms with van der Waals surface area (Å²) in [5, 5.41) is 3.13. The summed E-state index contributed by atoms with van der Waals surface area (Å²) in [5.41, 5.74) is 1.01. The van der Waals surface area contributed by atoms with Gasteiger partial charge >= 0.3 is 0 Å². The molecule has 0 bridgehead atoms. The van der Waals surface area contributed by atoms with Crippen molar-refractivity contribution < 1.29 is 17.6 Å². The lowest BCUT2D eigenvalue weighted by atomic mass is 10.3. The van der Waals surface area contributed by atoms with Gasteiger partial charge in [0.1, 0.15) is 5.82 Å². The highest BCUT2D eigenvalue weighted by Crippen LogP contribution is 2.29. The van der Waals surface area contributed by atoms with Crippen LogP contribution in [0.25, 0.3) is 10.2 Å². The molecule has 0 radical (unpaired) electrons. The largest absolute Gasteiger partial charge is 0.302 e. The number of hydrogen-bond acceptors (Lipinski definition) is 5. The zero-order valence-corrected chi connectivity index (χ0v) is 14.7. The Balaban J connectivity index is 1.86. The van der Waals surface area contributed by atoms with E-state index in [1.807, 2.05) is 0 Å². The standard InChI is InChI=1S/C16H14FN3O3S2/c1-2-15(21)19-16-18-13-8-5-11(9-14(13)24-16)20-25(22,23)12-6-3-10(17)4-7-12/h3-9,20H,2H2,1H3,(H,18,19,21). The first-order valence-electron chi connectivity index (χ1n) is 7.36. The Labute approximate surface area is 147 Å². The van der Waals surface area contributed by atoms with Crippen molar-refractivity contribution in [2.45, 2.75) is 18.2 Å². The highest BCUT2D eigenvalue weighted by atomic mass is 32.2. The number of carbonyl (C=O) groups is 1. The van der Waals surface area contributed by atoms with Crippen molar-refractivity contribution >= 4 is 48.3 Å². The number of hydrogen-bond donors (Lipinski definition) is 2. The van der Waals surface area contributed by atoms with Gasteiger partial charge in [0.05, 0.1) is 20.8 Å². The molecule has 2 aromatic carbocycles. The van der Waals surface area contributed by atoms with Crippen molar-refractivity contribution in [1.29, 1.82) is 0 Å². The molecule has 0 spiro atoms. The number of nitrogens with one attached hydrogen (secondary N) is 2. The van der Waals surface area contributed by atoms with Gasteiger partial charge in [0, 0.05) is 6.42 Å². The minimum atomic E-state index is -3.82. The fourth-order valence-corrected chi connectivity index (χ4v) is 4.05. The summed E-state index contributed by atoms with van der Waals surface area (Å²) in [7, 11) is -3.82. The molecule has 0 saturated heterocycles. The second-order valence-electron chi connectivity index (χ2n) is 5.16. The van der Waals surface area contributed by atoms with E-state index >= 15 is 0 Å². The predicted molar refractivity (Wildman–Crippen MR) is 95.7 cm³/mol.